The van der Waals surface area contributed by atoms with Crippen molar-refractivity contribution in [2.24, 2.45) is 0 Å². The minimum Gasteiger partial charge on any atom is -0.310 e. The molecule has 1 saturated carbocycles. The highest BCUT2D eigenvalue weighted by Gasteiger charge is 2.15. The summed E-state index contributed by atoms with van der Waals surface area (Å²) < 4.78 is 14.8. The lowest BCUT2D eigenvalue weighted by Gasteiger charge is -2.11. The lowest BCUT2D eigenvalue weighted by molar-refractivity contribution is 0.525. The Morgan fingerprint density at radius 2 is 2.12 bits per heavy atom. The molecule has 1 aromatic carbocycles. The molecule has 0 unspecified atom stereocenters. The van der Waals surface area contributed by atoms with E-state index in [9.17, 15) is 4.39 Å². The molecule has 1 heterocycles. The van der Waals surface area contributed by atoms with Crippen LogP contribution in [0.15, 0.2) is 23.6 Å². The fourth-order valence-corrected chi connectivity index (χ4v) is 3.60. The summed E-state index contributed by atoms with van der Waals surface area (Å²) >= 11 is 1.63. The molecule has 0 spiro atoms. The first-order chi connectivity index (χ1) is 8.34. The van der Waals surface area contributed by atoms with Crippen LogP contribution in [0.2, 0.25) is 0 Å². The van der Waals surface area contributed by atoms with Gasteiger partial charge in [0.1, 0.15) is 5.82 Å². The number of benzene rings is 1. The van der Waals surface area contributed by atoms with Crippen LogP contribution in [0.1, 0.15) is 31.2 Å². The highest BCUT2D eigenvalue weighted by atomic mass is 32.1. The highest BCUT2D eigenvalue weighted by Crippen LogP contribution is 2.28. The van der Waals surface area contributed by atoms with Gasteiger partial charge in [-0.3, -0.25) is 0 Å². The van der Waals surface area contributed by atoms with Gasteiger partial charge >= 0.3 is 0 Å². The number of hydrogen-bond donors (Lipinski definition) is 1. The van der Waals surface area contributed by atoms with Gasteiger partial charge in [0, 0.05) is 22.7 Å². The van der Waals surface area contributed by atoms with Crippen molar-refractivity contribution < 1.29 is 4.39 Å². The van der Waals surface area contributed by atoms with Crippen LogP contribution < -0.4 is 5.32 Å². The van der Waals surface area contributed by atoms with E-state index < -0.39 is 0 Å². The van der Waals surface area contributed by atoms with Crippen LogP contribution in [-0.4, -0.2) is 6.04 Å². The quantitative estimate of drug-likeness (QED) is 0.864. The zero-order valence-corrected chi connectivity index (χ0v) is 10.5. The standard InChI is InChI=1S/C14H16FNS/c15-12-6-3-7-13-14(12)10(9-17-13)8-16-11-4-1-2-5-11/h3,6-7,9,11,16H,1-2,4-5,8H2. The van der Waals surface area contributed by atoms with E-state index in [1.165, 1.54) is 25.7 Å². The first kappa shape index (κ1) is 11.2. The van der Waals surface area contributed by atoms with Crippen molar-refractivity contribution in [3.8, 4) is 0 Å². The van der Waals surface area contributed by atoms with Crippen LogP contribution in [0.4, 0.5) is 4.39 Å². The second-order valence-corrected chi connectivity index (χ2v) is 5.65. The summed E-state index contributed by atoms with van der Waals surface area (Å²) in [6.45, 7) is 0.797. The van der Waals surface area contributed by atoms with Crippen molar-refractivity contribution in [3.63, 3.8) is 0 Å². The molecule has 1 aliphatic carbocycles. The van der Waals surface area contributed by atoms with E-state index in [4.69, 9.17) is 0 Å². The molecule has 1 N–H and O–H groups in total. The Morgan fingerprint density at radius 3 is 2.94 bits per heavy atom. The normalized spacial score (nSPS) is 17.0. The molecule has 3 rings (SSSR count). The molecule has 3 heteroatoms. The zero-order valence-electron chi connectivity index (χ0n) is 9.71. The topological polar surface area (TPSA) is 12.0 Å². The van der Waals surface area contributed by atoms with Crippen LogP contribution in [-0.2, 0) is 6.54 Å². The Hall–Kier alpha value is -0.930. The van der Waals surface area contributed by atoms with E-state index in [0.29, 0.717) is 6.04 Å². The van der Waals surface area contributed by atoms with Gasteiger partial charge in [0.05, 0.1) is 0 Å². The third-order valence-corrected chi connectivity index (χ3v) is 4.56. The molecule has 2 aromatic rings. The van der Waals surface area contributed by atoms with Crippen LogP contribution in [0, 0.1) is 5.82 Å². The number of halogens is 1. The second-order valence-electron chi connectivity index (χ2n) is 4.74. The summed E-state index contributed by atoms with van der Waals surface area (Å²) in [5.74, 6) is -0.0908. The predicted molar refractivity (Wildman–Crippen MR) is 70.9 cm³/mol. The van der Waals surface area contributed by atoms with Crippen LogP contribution in [0.25, 0.3) is 10.1 Å². The fourth-order valence-electron chi connectivity index (χ4n) is 2.62. The first-order valence-electron chi connectivity index (χ1n) is 6.22. The molecule has 0 radical (unpaired) electrons. The molecule has 17 heavy (non-hydrogen) atoms. The SMILES string of the molecule is Fc1cccc2scc(CNC3CCCC3)c12. The highest BCUT2D eigenvalue weighted by molar-refractivity contribution is 7.17. The van der Waals surface area contributed by atoms with Crippen molar-refractivity contribution in [2.45, 2.75) is 38.3 Å². The molecule has 1 fully saturated rings. The van der Waals surface area contributed by atoms with Gasteiger partial charge in [-0.1, -0.05) is 18.9 Å². The lowest BCUT2D eigenvalue weighted by atomic mass is 10.1. The van der Waals surface area contributed by atoms with Gasteiger partial charge in [-0.05, 0) is 35.9 Å². The summed E-state index contributed by atoms with van der Waals surface area (Å²) in [5.41, 5.74) is 1.11. The fraction of sp³-hybridized carbons (Fsp3) is 0.429. The number of nitrogens with one attached hydrogen (secondary N) is 1. The third kappa shape index (κ3) is 2.22. The molecule has 1 nitrogen and oxygen atoms in total. The molecular weight excluding hydrogens is 233 g/mol. The van der Waals surface area contributed by atoms with Crippen molar-refractivity contribution >= 4 is 21.4 Å². The zero-order chi connectivity index (χ0) is 11.7. The largest absolute Gasteiger partial charge is 0.310 e. The molecule has 90 valence electrons. The van der Waals surface area contributed by atoms with Crippen molar-refractivity contribution in [2.75, 3.05) is 0 Å². The Labute approximate surface area is 105 Å². The van der Waals surface area contributed by atoms with E-state index in [-0.39, 0.29) is 5.82 Å². The monoisotopic (exact) mass is 249 g/mol. The van der Waals surface area contributed by atoms with Crippen LogP contribution in [0.3, 0.4) is 0 Å². The van der Waals surface area contributed by atoms with Crippen LogP contribution >= 0.6 is 11.3 Å². The maximum atomic E-state index is 13.8. The first-order valence-corrected chi connectivity index (χ1v) is 7.10. The van der Waals surface area contributed by atoms with Crippen molar-refractivity contribution in [3.05, 3.63) is 35.0 Å². The summed E-state index contributed by atoms with van der Waals surface area (Å²) in [7, 11) is 0. The Morgan fingerprint density at radius 1 is 1.29 bits per heavy atom. The average molecular weight is 249 g/mol. The molecule has 0 aliphatic heterocycles. The molecule has 0 bridgehead atoms. The maximum Gasteiger partial charge on any atom is 0.132 e. The molecule has 1 aliphatic rings. The summed E-state index contributed by atoms with van der Waals surface area (Å²) in [6, 6.07) is 5.95. The Balaban J connectivity index is 1.80. The maximum absolute atomic E-state index is 13.8. The summed E-state index contributed by atoms with van der Waals surface area (Å²) in [5, 5.41) is 6.43. The minimum atomic E-state index is -0.0908. The van der Waals surface area contributed by atoms with Gasteiger partial charge in [0.15, 0.2) is 0 Å². The molecule has 1 aromatic heterocycles. The van der Waals surface area contributed by atoms with E-state index in [1.807, 2.05) is 6.07 Å². The van der Waals surface area contributed by atoms with E-state index >= 15 is 0 Å². The number of fused-ring (bicyclic) bond motifs is 1. The van der Waals surface area contributed by atoms with Gasteiger partial charge < -0.3 is 5.32 Å². The van der Waals surface area contributed by atoms with Crippen molar-refractivity contribution in [1.29, 1.82) is 0 Å². The van der Waals surface area contributed by atoms with Gasteiger partial charge in [-0.2, -0.15) is 0 Å². The summed E-state index contributed by atoms with van der Waals surface area (Å²) in [4.78, 5) is 0. The Bertz CT molecular complexity index is 514. The minimum absolute atomic E-state index is 0.0908. The second kappa shape index (κ2) is 4.75. The molecule has 0 saturated heterocycles. The average Bonchev–Trinajstić information content (AvgIpc) is 2.95. The van der Waals surface area contributed by atoms with Gasteiger partial charge in [-0.25, -0.2) is 4.39 Å². The van der Waals surface area contributed by atoms with Gasteiger partial charge in [0.2, 0.25) is 0 Å². The van der Waals surface area contributed by atoms with Crippen LogP contribution in [0.5, 0.6) is 0 Å². The third-order valence-electron chi connectivity index (χ3n) is 3.56. The predicted octanol–water partition coefficient (Wildman–Crippen LogP) is 4.07. The molecule has 0 atom stereocenters. The van der Waals surface area contributed by atoms with E-state index in [1.54, 1.807) is 23.5 Å². The van der Waals surface area contributed by atoms with Crippen molar-refractivity contribution in [1.82, 2.24) is 5.32 Å². The van der Waals surface area contributed by atoms with E-state index in [2.05, 4.69) is 10.7 Å². The summed E-state index contributed by atoms with van der Waals surface area (Å²) in [6.07, 6.45) is 5.20. The Kier molecular flexibility index (Phi) is 3.12. The number of rotatable bonds is 3. The molecular formula is C14H16FNS. The smallest absolute Gasteiger partial charge is 0.132 e. The lowest BCUT2D eigenvalue weighted by Crippen LogP contribution is -2.25. The van der Waals surface area contributed by atoms with Gasteiger partial charge in [0.25, 0.3) is 0 Å². The number of thiophene rings is 1. The molecule has 0 amide bonds. The van der Waals surface area contributed by atoms with Gasteiger partial charge in [-0.15, -0.1) is 11.3 Å². The van der Waals surface area contributed by atoms with E-state index in [0.717, 1.165) is 22.2 Å². The number of hydrogen-bond acceptors (Lipinski definition) is 2.